The number of nitrogens with one attached hydrogen (secondary N) is 1. The Hall–Kier alpha value is -1.83. The Balaban J connectivity index is 1.39. The molecule has 118 valence electrons. The number of rotatable bonds is 7. The molecule has 0 saturated carbocycles. The fourth-order valence-electron chi connectivity index (χ4n) is 2.07. The van der Waals surface area contributed by atoms with E-state index >= 15 is 0 Å². The van der Waals surface area contributed by atoms with Crippen LogP contribution in [0.3, 0.4) is 0 Å². The van der Waals surface area contributed by atoms with Gasteiger partial charge in [0, 0.05) is 24.5 Å². The first kappa shape index (κ1) is 15.1. The molecule has 0 radical (unpaired) electrons. The minimum atomic E-state index is -0.592. The van der Waals surface area contributed by atoms with Crippen LogP contribution in [0, 0.1) is 6.92 Å². The zero-order valence-electron chi connectivity index (χ0n) is 12.2. The lowest BCUT2D eigenvalue weighted by atomic mass is 10.3. The summed E-state index contributed by atoms with van der Waals surface area (Å²) in [6, 6.07) is 5.36. The van der Waals surface area contributed by atoms with Crippen molar-refractivity contribution in [2.24, 2.45) is 0 Å². The number of aliphatic hydroxyl groups is 1. The summed E-state index contributed by atoms with van der Waals surface area (Å²) in [7, 11) is 0. The van der Waals surface area contributed by atoms with Gasteiger partial charge in [0.25, 0.3) is 0 Å². The van der Waals surface area contributed by atoms with Gasteiger partial charge in [-0.3, -0.25) is 0 Å². The third-order valence-corrected chi connectivity index (χ3v) is 3.96. The summed E-state index contributed by atoms with van der Waals surface area (Å²) in [6.07, 6.45) is -0.592. The molecule has 1 aliphatic heterocycles. The van der Waals surface area contributed by atoms with E-state index < -0.39 is 6.10 Å². The van der Waals surface area contributed by atoms with Crippen LogP contribution in [0.4, 0.5) is 0 Å². The van der Waals surface area contributed by atoms with Crippen LogP contribution in [-0.4, -0.2) is 36.1 Å². The van der Waals surface area contributed by atoms with Crippen LogP contribution in [0.15, 0.2) is 23.6 Å². The summed E-state index contributed by atoms with van der Waals surface area (Å²) in [5, 5.41) is 16.1. The molecule has 7 heteroatoms. The number of fused-ring (bicyclic) bond motifs is 1. The minimum Gasteiger partial charge on any atom is -0.491 e. The molecular weight excluding hydrogens is 304 g/mol. The predicted octanol–water partition coefficient (Wildman–Crippen LogP) is 1.71. The summed E-state index contributed by atoms with van der Waals surface area (Å²) in [4.78, 5) is 4.35. The van der Waals surface area contributed by atoms with E-state index in [2.05, 4.69) is 10.3 Å². The molecule has 0 fully saturated rings. The van der Waals surface area contributed by atoms with Crippen LogP contribution in [0.5, 0.6) is 17.2 Å². The lowest BCUT2D eigenvalue weighted by Crippen LogP contribution is -2.31. The summed E-state index contributed by atoms with van der Waals surface area (Å²) in [5.41, 5.74) is 0.992. The highest BCUT2D eigenvalue weighted by atomic mass is 32.1. The number of hydrogen-bond acceptors (Lipinski definition) is 7. The van der Waals surface area contributed by atoms with Crippen molar-refractivity contribution in [2.75, 3.05) is 19.9 Å². The Morgan fingerprint density at radius 2 is 2.27 bits per heavy atom. The average Bonchev–Trinajstić information content (AvgIpc) is 3.13. The van der Waals surface area contributed by atoms with Crippen LogP contribution in [0.25, 0.3) is 0 Å². The van der Waals surface area contributed by atoms with Crippen molar-refractivity contribution >= 4 is 11.3 Å². The number of hydrogen-bond donors (Lipinski definition) is 2. The SMILES string of the molecule is Cc1nc(CNC[C@H](O)COc2ccc3c(c2)OCO3)cs1. The number of aromatic nitrogens is 1. The molecule has 3 rings (SSSR count). The normalized spacial score (nSPS) is 14.1. The number of thiazole rings is 1. The highest BCUT2D eigenvalue weighted by molar-refractivity contribution is 7.09. The maximum atomic E-state index is 9.93. The van der Waals surface area contributed by atoms with Crippen molar-refractivity contribution in [1.29, 1.82) is 0 Å². The molecule has 1 aromatic heterocycles. The number of nitrogens with zero attached hydrogens (tertiary/aromatic N) is 1. The smallest absolute Gasteiger partial charge is 0.231 e. The molecule has 2 aromatic rings. The Morgan fingerprint density at radius 3 is 3.09 bits per heavy atom. The molecule has 1 atom stereocenters. The second-order valence-electron chi connectivity index (χ2n) is 4.97. The van der Waals surface area contributed by atoms with E-state index in [0.717, 1.165) is 10.7 Å². The second-order valence-corrected chi connectivity index (χ2v) is 6.03. The van der Waals surface area contributed by atoms with Crippen LogP contribution in [-0.2, 0) is 6.54 Å². The van der Waals surface area contributed by atoms with Crippen molar-refractivity contribution in [2.45, 2.75) is 19.6 Å². The van der Waals surface area contributed by atoms with Gasteiger partial charge in [-0.1, -0.05) is 0 Å². The first-order valence-electron chi connectivity index (χ1n) is 7.03. The molecule has 2 heterocycles. The average molecular weight is 322 g/mol. The molecule has 0 bridgehead atoms. The number of aliphatic hydroxyl groups excluding tert-OH is 1. The van der Waals surface area contributed by atoms with Gasteiger partial charge in [-0.2, -0.15) is 0 Å². The van der Waals surface area contributed by atoms with Gasteiger partial charge in [-0.05, 0) is 19.1 Å². The van der Waals surface area contributed by atoms with E-state index in [1.165, 1.54) is 0 Å². The fraction of sp³-hybridized carbons (Fsp3) is 0.400. The minimum absolute atomic E-state index is 0.211. The molecule has 0 unspecified atom stereocenters. The highest BCUT2D eigenvalue weighted by Crippen LogP contribution is 2.35. The van der Waals surface area contributed by atoms with Crippen molar-refractivity contribution in [3.63, 3.8) is 0 Å². The van der Waals surface area contributed by atoms with E-state index in [4.69, 9.17) is 14.2 Å². The van der Waals surface area contributed by atoms with E-state index in [1.54, 1.807) is 29.5 Å². The summed E-state index contributed by atoms with van der Waals surface area (Å²) in [6.45, 7) is 3.51. The zero-order chi connectivity index (χ0) is 15.4. The van der Waals surface area contributed by atoms with E-state index in [-0.39, 0.29) is 13.4 Å². The Morgan fingerprint density at radius 1 is 1.41 bits per heavy atom. The van der Waals surface area contributed by atoms with E-state index in [0.29, 0.717) is 30.3 Å². The van der Waals surface area contributed by atoms with Crippen molar-refractivity contribution in [1.82, 2.24) is 10.3 Å². The Kier molecular flexibility index (Phi) is 4.77. The fourth-order valence-corrected chi connectivity index (χ4v) is 2.69. The molecule has 0 spiro atoms. The molecule has 2 N–H and O–H groups in total. The van der Waals surface area contributed by atoms with Gasteiger partial charge in [0.15, 0.2) is 11.5 Å². The van der Waals surface area contributed by atoms with Crippen LogP contribution in [0.2, 0.25) is 0 Å². The summed E-state index contributed by atoms with van der Waals surface area (Å²) < 4.78 is 16.1. The predicted molar refractivity (Wildman–Crippen MR) is 82.6 cm³/mol. The maximum Gasteiger partial charge on any atom is 0.231 e. The van der Waals surface area contributed by atoms with Crippen LogP contribution in [0.1, 0.15) is 10.7 Å². The zero-order valence-corrected chi connectivity index (χ0v) is 13.1. The summed E-state index contributed by atoms with van der Waals surface area (Å²) in [5.74, 6) is 2.04. The maximum absolute atomic E-state index is 9.93. The first-order chi connectivity index (χ1) is 10.7. The lowest BCUT2D eigenvalue weighted by molar-refractivity contribution is 0.106. The molecule has 0 saturated heterocycles. The van der Waals surface area contributed by atoms with E-state index in [9.17, 15) is 5.11 Å². The molecule has 0 aliphatic carbocycles. The van der Waals surface area contributed by atoms with Crippen molar-refractivity contribution in [3.8, 4) is 17.2 Å². The van der Waals surface area contributed by atoms with Gasteiger partial charge in [-0.15, -0.1) is 11.3 Å². The molecule has 1 aliphatic rings. The number of aryl methyl sites for hydroxylation is 1. The van der Waals surface area contributed by atoms with E-state index in [1.807, 2.05) is 12.3 Å². The standard InChI is InChI=1S/C15H18N2O4S/c1-10-17-11(8-22-10)5-16-6-12(18)7-19-13-2-3-14-15(4-13)21-9-20-14/h2-4,8,12,16,18H,5-7,9H2,1H3/t12-/m0/s1. The lowest BCUT2D eigenvalue weighted by Gasteiger charge is -2.13. The first-order valence-corrected chi connectivity index (χ1v) is 7.91. The molecule has 0 amide bonds. The van der Waals surface area contributed by atoms with Crippen molar-refractivity contribution < 1.29 is 19.3 Å². The number of ether oxygens (including phenoxy) is 3. The van der Waals surface area contributed by atoms with Crippen LogP contribution < -0.4 is 19.5 Å². The number of benzene rings is 1. The second kappa shape index (κ2) is 6.95. The largest absolute Gasteiger partial charge is 0.491 e. The van der Waals surface area contributed by atoms with Gasteiger partial charge in [-0.25, -0.2) is 4.98 Å². The molecule has 1 aromatic carbocycles. The van der Waals surface area contributed by atoms with Gasteiger partial charge in [0.05, 0.1) is 10.7 Å². The van der Waals surface area contributed by atoms with Gasteiger partial charge in [0.1, 0.15) is 18.5 Å². The third-order valence-electron chi connectivity index (χ3n) is 3.14. The Labute approximate surface area is 132 Å². The highest BCUT2D eigenvalue weighted by Gasteiger charge is 2.14. The van der Waals surface area contributed by atoms with Crippen LogP contribution >= 0.6 is 11.3 Å². The molecule has 22 heavy (non-hydrogen) atoms. The summed E-state index contributed by atoms with van der Waals surface area (Å²) >= 11 is 1.62. The van der Waals surface area contributed by atoms with Gasteiger partial charge >= 0.3 is 0 Å². The monoisotopic (exact) mass is 322 g/mol. The topological polar surface area (TPSA) is 72.8 Å². The Bertz CT molecular complexity index is 632. The van der Waals surface area contributed by atoms with Gasteiger partial charge in [0.2, 0.25) is 6.79 Å². The quantitative estimate of drug-likeness (QED) is 0.808. The third kappa shape index (κ3) is 3.88. The molecular formula is C15H18N2O4S. The van der Waals surface area contributed by atoms with Crippen molar-refractivity contribution in [3.05, 3.63) is 34.3 Å². The van der Waals surface area contributed by atoms with Gasteiger partial charge < -0.3 is 24.6 Å². The molecule has 6 nitrogen and oxygen atoms in total.